The first-order chi connectivity index (χ1) is 19.8. The molecule has 208 valence electrons. The Kier molecular flexibility index (Phi) is 6.90. The highest BCUT2D eigenvalue weighted by atomic mass is 16.4. The number of aliphatic hydroxyl groups excluding tert-OH is 1. The molecule has 9 heteroatoms. The number of anilines is 2. The molecule has 0 spiro atoms. The number of aromatic nitrogens is 1. The summed E-state index contributed by atoms with van der Waals surface area (Å²) in [6.45, 7) is 1.69. The minimum atomic E-state index is -1.05. The van der Waals surface area contributed by atoms with E-state index in [1.165, 1.54) is 17.0 Å². The van der Waals surface area contributed by atoms with Crippen molar-refractivity contribution in [2.24, 2.45) is 0 Å². The fourth-order valence-corrected chi connectivity index (χ4v) is 5.60. The van der Waals surface area contributed by atoms with Gasteiger partial charge in [-0.05, 0) is 54.8 Å². The number of likely N-dealkylation sites (N-methyl/N-ethyl adjacent to an activating group) is 1. The molecule has 1 amide bonds. The zero-order valence-electron chi connectivity index (χ0n) is 22.6. The average molecular weight is 551 g/mol. The van der Waals surface area contributed by atoms with Gasteiger partial charge in [-0.15, -0.1) is 0 Å². The van der Waals surface area contributed by atoms with E-state index >= 15 is 0 Å². The van der Waals surface area contributed by atoms with Gasteiger partial charge in [-0.25, -0.2) is 4.79 Å². The first kappa shape index (κ1) is 26.5. The zero-order chi connectivity index (χ0) is 28.7. The predicted octanol–water partition coefficient (Wildman–Crippen LogP) is 4.39. The third-order valence-corrected chi connectivity index (χ3v) is 7.85. The molecular formula is C32H30N4O5. The molecule has 2 aliphatic heterocycles. The Balaban J connectivity index is 1.35. The number of benzene rings is 3. The summed E-state index contributed by atoms with van der Waals surface area (Å²) in [5.41, 5.74) is 4.68. The molecule has 1 fully saturated rings. The van der Waals surface area contributed by atoms with E-state index in [0.717, 1.165) is 22.2 Å². The van der Waals surface area contributed by atoms with Gasteiger partial charge in [0.15, 0.2) is 0 Å². The molecule has 0 saturated carbocycles. The molecule has 0 bridgehead atoms. The Hall–Kier alpha value is -4.73. The first-order valence-corrected chi connectivity index (χ1v) is 13.6. The summed E-state index contributed by atoms with van der Waals surface area (Å²) in [6, 6.07) is 21.8. The van der Waals surface area contributed by atoms with Crippen LogP contribution >= 0.6 is 0 Å². The highest BCUT2D eigenvalue weighted by Crippen LogP contribution is 2.41. The molecule has 1 saturated heterocycles. The van der Waals surface area contributed by atoms with Gasteiger partial charge >= 0.3 is 5.97 Å². The molecule has 3 aromatic carbocycles. The van der Waals surface area contributed by atoms with Crippen molar-refractivity contribution in [3.05, 3.63) is 95.7 Å². The number of carbonyl (C=O) groups is 3. The molecular weight excluding hydrogens is 520 g/mol. The van der Waals surface area contributed by atoms with Crippen LogP contribution < -0.4 is 10.2 Å². The van der Waals surface area contributed by atoms with E-state index in [-0.39, 0.29) is 23.5 Å². The predicted molar refractivity (Wildman–Crippen MR) is 158 cm³/mol. The SMILES string of the molecule is CN1C(=O)C(=C(Nc2ccc3c(ccn3C(=O)CN3CCC(O)CC3)c2)c2ccccc2)c2ccc(C(=O)O)cc21. The van der Waals surface area contributed by atoms with Gasteiger partial charge in [0.1, 0.15) is 0 Å². The average Bonchev–Trinajstić information content (AvgIpc) is 3.51. The molecule has 2 aliphatic rings. The van der Waals surface area contributed by atoms with Gasteiger partial charge in [-0.3, -0.25) is 19.1 Å². The number of aromatic carboxylic acids is 1. The van der Waals surface area contributed by atoms with Crippen LogP contribution in [0.3, 0.4) is 0 Å². The van der Waals surface area contributed by atoms with E-state index < -0.39 is 5.97 Å². The van der Waals surface area contributed by atoms with Crippen molar-refractivity contribution in [3.8, 4) is 0 Å². The van der Waals surface area contributed by atoms with Crippen LogP contribution in [0.1, 0.15) is 39.1 Å². The Morgan fingerprint density at radius 1 is 0.951 bits per heavy atom. The van der Waals surface area contributed by atoms with Crippen molar-refractivity contribution in [3.63, 3.8) is 0 Å². The maximum Gasteiger partial charge on any atom is 0.335 e. The van der Waals surface area contributed by atoms with Crippen molar-refractivity contribution in [1.29, 1.82) is 0 Å². The number of carboxylic acids is 1. The van der Waals surface area contributed by atoms with Crippen molar-refractivity contribution in [1.82, 2.24) is 9.47 Å². The molecule has 4 aromatic rings. The minimum Gasteiger partial charge on any atom is -0.478 e. The third kappa shape index (κ3) is 5.01. The van der Waals surface area contributed by atoms with Crippen molar-refractivity contribution >= 4 is 51.3 Å². The van der Waals surface area contributed by atoms with Gasteiger partial charge < -0.3 is 20.4 Å². The number of piperidine rings is 1. The molecule has 0 aliphatic carbocycles. The second-order valence-electron chi connectivity index (χ2n) is 10.5. The summed E-state index contributed by atoms with van der Waals surface area (Å²) in [4.78, 5) is 41.8. The summed E-state index contributed by atoms with van der Waals surface area (Å²) in [5, 5.41) is 23.6. The summed E-state index contributed by atoms with van der Waals surface area (Å²) in [5.74, 6) is -1.32. The molecule has 3 heterocycles. The van der Waals surface area contributed by atoms with Crippen LogP contribution in [0.2, 0.25) is 0 Å². The number of carbonyl (C=O) groups excluding carboxylic acids is 2. The topological polar surface area (TPSA) is 115 Å². The maximum atomic E-state index is 13.5. The van der Waals surface area contributed by atoms with Crippen LogP contribution in [-0.4, -0.2) is 70.2 Å². The van der Waals surface area contributed by atoms with Crippen LogP contribution in [0, 0.1) is 0 Å². The third-order valence-electron chi connectivity index (χ3n) is 7.85. The second-order valence-corrected chi connectivity index (χ2v) is 10.5. The molecule has 3 N–H and O–H groups in total. The molecule has 0 radical (unpaired) electrons. The van der Waals surface area contributed by atoms with Gasteiger partial charge in [-0.1, -0.05) is 36.4 Å². The number of hydrogen-bond donors (Lipinski definition) is 3. The molecule has 6 rings (SSSR count). The van der Waals surface area contributed by atoms with Crippen LogP contribution in [0.15, 0.2) is 79.0 Å². The number of fused-ring (bicyclic) bond motifs is 2. The lowest BCUT2D eigenvalue weighted by molar-refractivity contribution is -0.112. The van der Waals surface area contributed by atoms with Crippen LogP contribution in [0.4, 0.5) is 11.4 Å². The van der Waals surface area contributed by atoms with Gasteiger partial charge in [0.25, 0.3) is 5.91 Å². The van der Waals surface area contributed by atoms with E-state index in [1.54, 1.807) is 23.9 Å². The van der Waals surface area contributed by atoms with E-state index in [9.17, 15) is 24.6 Å². The van der Waals surface area contributed by atoms with Crippen LogP contribution in [0.25, 0.3) is 22.2 Å². The van der Waals surface area contributed by atoms with Gasteiger partial charge in [-0.2, -0.15) is 0 Å². The standard InChI is InChI=1S/C32H30N4O5/c1-34-27-18-22(32(40)41)7-9-25(27)29(31(34)39)30(20-5-3-2-4-6-20)33-23-8-10-26-21(17-23)11-16-36(26)28(38)19-35-14-12-24(37)13-15-35/h2-11,16-18,24,33,37H,12-15,19H2,1H3,(H,40,41). The summed E-state index contributed by atoms with van der Waals surface area (Å²) < 4.78 is 1.66. The number of nitrogens with one attached hydrogen (secondary N) is 1. The van der Waals surface area contributed by atoms with E-state index in [4.69, 9.17) is 0 Å². The van der Waals surface area contributed by atoms with Crippen molar-refractivity contribution < 1.29 is 24.6 Å². The van der Waals surface area contributed by atoms with Crippen molar-refractivity contribution in [2.45, 2.75) is 18.9 Å². The van der Waals surface area contributed by atoms with Gasteiger partial charge in [0, 0.05) is 43.0 Å². The Morgan fingerprint density at radius 3 is 2.44 bits per heavy atom. The smallest absolute Gasteiger partial charge is 0.335 e. The van der Waals surface area contributed by atoms with Crippen molar-refractivity contribution in [2.75, 3.05) is 36.9 Å². The van der Waals surface area contributed by atoms with E-state index in [2.05, 4.69) is 10.2 Å². The van der Waals surface area contributed by atoms with Gasteiger partial charge in [0.2, 0.25) is 5.91 Å². The highest BCUT2D eigenvalue weighted by molar-refractivity contribution is 6.38. The number of amides is 1. The monoisotopic (exact) mass is 550 g/mol. The Morgan fingerprint density at radius 2 is 1.71 bits per heavy atom. The van der Waals surface area contributed by atoms with Crippen LogP contribution in [-0.2, 0) is 4.79 Å². The largest absolute Gasteiger partial charge is 0.478 e. The normalized spacial score (nSPS) is 17.1. The first-order valence-electron chi connectivity index (χ1n) is 13.6. The number of aliphatic hydroxyl groups is 1. The lowest BCUT2D eigenvalue weighted by atomic mass is 9.99. The van der Waals surface area contributed by atoms with E-state index in [1.807, 2.05) is 54.6 Å². The van der Waals surface area contributed by atoms with E-state index in [0.29, 0.717) is 55.0 Å². The summed E-state index contributed by atoms with van der Waals surface area (Å²) in [7, 11) is 1.64. The number of nitrogens with zero attached hydrogens (tertiary/aromatic N) is 3. The molecule has 41 heavy (non-hydrogen) atoms. The lowest BCUT2D eigenvalue weighted by Crippen LogP contribution is -2.40. The quantitative estimate of drug-likeness (QED) is 0.305. The number of rotatable bonds is 6. The van der Waals surface area contributed by atoms with Crippen LogP contribution in [0.5, 0.6) is 0 Å². The molecule has 1 aromatic heterocycles. The molecule has 0 atom stereocenters. The lowest BCUT2D eigenvalue weighted by Gasteiger charge is -2.28. The summed E-state index contributed by atoms with van der Waals surface area (Å²) in [6.07, 6.45) is 2.85. The zero-order valence-corrected chi connectivity index (χ0v) is 22.6. The number of hydrogen-bond acceptors (Lipinski definition) is 6. The minimum absolute atomic E-state index is 0.0267. The number of carboxylic acid groups (broad SMARTS) is 1. The molecule has 9 nitrogen and oxygen atoms in total. The molecule has 0 unspecified atom stereocenters. The summed E-state index contributed by atoms with van der Waals surface area (Å²) >= 11 is 0. The fraction of sp³-hybridized carbons (Fsp3) is 0.219. The number of likely N-dealkylation sites (tertiary alicyclic amines) is 1. The fourth-order valence-electron chi connectivity index (χ4n) is 5.60. The highest BCUT2D eigenvalue weighted by Gasteiger charge is 2.34. The maximum absolute atomic E-state index is 13.5. The Bertz CT molecular complexity index is 1700. The second kappa shape index (κ2) is 10.7. The Labute approximate surface area is 236 Å². The van der Waals surface area contributed by atoms with Gasteiger partial charge in [0.05, 0.1) is 40.7 Å².